The van der Waals surface area contributed by atoms with Crippen molar-refractivity contribution in [1.82, 2.24) is 5.32 Å². The van der Waals surface area contributed by atoms with Crippen LogP contribution >= 0.6 is 0 Å². The molecule has 152 valence electrons. The lowest BCUT2D eigenvalue weighted by Gasteiger charge is -2.13. The van der Waals surface area contributed by atoms with Crippen LogP contribution in [-0.4, -0.2) is 12.0 Å². The smallest absolute Gasteiger partial charge is 0.419 e. The molecule has 1 fully saturated rings. The van der Waals surface area contributed by atoms with Gasteiger partial charge in [0.2, 0.25) is 0 Å². The van der Waals surface area contributed by atoms with Crippen molar-refractivity contribution in [3.8, 4) is 11.1 Å². The highest BCUT2D eigenvalue weighted by atomic mass is 19.1. The van der Waals surface area contributed by atoms with Crippen LogP contribution in [0.3, 0.4) is 0 Å². The second-order valence-electron chi connectivity index (χ2n) is 7.00. The Kier molecular flexibility index (Phi) is 5.10. The number of alkyl carbamates (subject to hydrolysis) is 1. The zero-order chi connectivity index (χ0) is 21.3. The van der Waals surface area contributed by atoms with Gasteiger partial charge in [-0.2, -0.15) is 0 Å². The van der Waals surface area contributed by atoms with Crippen LogP contribution in [0.15, 0.2) is 58.9 Å². The summed E-state index contributed by atoms with van der Waals surface area (Å²) in [6.45, 7) is 4.17. The summed E-state index contributed by atoms with van der Waals surface area (Å²) in [5.41, 5.74) is 4.23. The summed E-state index contributed by atoms with van der Waals surface area (Å²) in [6, 6.07) is 12.3. The van der Waals surface area contributed by atoms with Gasteiger partial charge in [-0.05, 0) is 72.5 Å². The molecule has 0 aliphatic carbocycles. The Morgan fingerprint density at radius 1 is 1.07 bits per heavy atom. The Labute approximate surface area is 172 Å². The molecule has 2 amide bonds. The van der Waals surface area contributed by atoms with Crippen LogP contribution in [0.2, 0.25) is 0 Å². The molecule has 2 N–H and O–H groups in total. The van der Waals surface area contributed by atoms with E-state index in [1.807, 2.05) is 38.1 Å². The van der Waals surface area contributed by atoms with Crippen molar-refractivity contribution in [2.45, 2.75) is 20.4 Å². The minimum absolute atomic E-state index is 0.0617. The molecule has 6 nitrogen and oxygen atoms in total. The van der Waals surface area contributed by atoms with E-state index in [1.165, 1.54) is 12.1 Å². The fraction of sp³-hybridized carbons (Fsp3) is 0.130. The van der Waals surface area contributed by atoms with Gasteiger partial charge in [-0.1, -0.05) is 12.1 Å². The minimum Gasteiger partial charge on any atom is -0.467 e. The normalized spacial score (nSPS) is 14.7. The number of furan rings is 1. The molecule has 0 unspecified atom stereocenters. The van der Waals surface area contributed by atoms with E-state index in [2.05, 4.69) is 10.6 Å². The topological polar surface area (TPSA) is 80.6 Å². The number of amides is 2. The van der Waals surface area contributed by atoms with Crippen LogP contribution in [0, 0.1) is 19.7 Å². The van der Waals surface area contributed by atoms with Gasteiger partial charge in [0.25, 0.3) is 5.91 Å². The van der Waals surface area contributed by atoms with Crippen molar-refractivity contribution in [1.29, 1.82) is 0 Å². The SMILES string of the molecule is Cc1cc(-c2ccc(NCc3ccco3)cc2F)c(C)cc1C=C1OC(=O)NC1=O. The fourth-order valence-corrected chi connectivity index (χ4v) is 3.29. The lowest BCUT2D eigenvalue weighted by atomic mass is 9.94. The summed E-state index contributed by atoms with van der Waals surface area (Å²) < 4.78 is 25.0. The standard InChI is InChI=1S/C23H19FN2O4/c1-13-9-19(14(2)8-15(13)10-21-22(27)26-23(28)30-21)18-6-5-16(11-20(18)24)25-12-17-4-3-7-29-17/h3-11,25H,12H2,1-2H3,(H,26,27,28). The molecular formula is C23H19FN2O4. The van der Waals surface area contributed by atoms with Crippen molar-refractivity contribution in [2.24, 2.45) is 0 Å². The third-order valence-electron chi connectivity index (χ3n) is 4.85. The van der Waals surface area contributed by atoms with Crippen LogP contribution in [0.5, 0.6) is 0 Å². The van der Waals surface area contributed by atoms with Crippen LogP contribution in [0.1, 0.15) is 22.5 Å². The number of anilines is 1. The van der Waals surface area contributed by atoms with Gasteiger partial charge in [0, 0.05) is 11.3 Å². The quantitative estimate of drug-likeness (QED) is 0.588. The number of ether oxygens (including phenoxy) is 1. The maximum Gasteiger partial charge on any atom is 0.419 e. The van der Waals surface area contributed by atoms with Crippen molar-refractivity contribution in [3.05, 3.63) is 82.8 Å². The van der Waals surface area contributed by atoms with Crippen molar-refractivity contribution >= 4 is 23.8 Å². The number of carbonyl (C=O) groups is 2. The number of halogens is 1. The van der Waals surface area contributed by atoms with Crippen LogP contribution < -0.4 is 10.6 Å². The number of imide groups is 1. The molecule has 0 saturated carbocycles. The van der Waals surface area contributed by atoms with Gasteiger partial charge in [-0.25, -0.2) is 9.18 Å². The Bertz CT molecular complexity index is 1170. The van der Waals surface area contributed by atoms with E-state index < -0.39 is 12.0 Å². The van der Waals surface area contributed by atoms with Crippen molar-refractivity contribution in [2.75, 3.05) is 5.32 Å². The molecule has 1 aromatic heterocycles. The molecule has 1 saturated heterocycles. The second-order valence-corrected chi connectivity index (χ2v) is 7.00. The van der Waals surface area contributed by atoms with E-state index in [1.54, 1.807) is 18.4 Å². The average molecular weight is 406 g/mol. The first kappa shape index (κ1) is 19.4. The third kappa shape index (κ3) is 3.96. The fourth-order valence-electron chi connectivity index (χ4n) is 3.29. The predicted octanol–water partition coefficient (Wildman–Crippen LogP) is 4.92. The Morgan fingerprint density at radius 3 is 2.57 bits per heavy atom. The molecule has 2 aromatic carbocycles. The lowest BCUT2D eigenvalue weighted by molar-refractivity contribution is -0.116. The Morgan fingerprint density at radius 2 is 1.90 bits per heavy atom. The van der Waals surface area contributed by atoms with E-state index in [9.17, 15) is 14.0 Å². The molecule has 0 atom stereocenters. The third-order valence-corrected chi connectivity index (χ3v) is 4.85. The first-order valence-corrected chi connectivity index (χ1v) is 9.33. The van der Waals surface area contributed by atoms with Crippen LogP contribution in [0.4, 0.5) is 14.9 Å². The van der Waals surface area contributed by atoms with E-state index >= 15 is 0 Å². The van der Waals surface area contributed by atoms with Crippen molar-refractivity contribution in [3.63, 3.8) is 0 Å². The van der Waals surface area contributed by atoms with E-state index in [0.717, 1.165) is 22.5 Å². The van der Waals surface area contributed by atoms with Gasteiger partial charge in [0.1, 0.15) is 11.6 Å². The van der Waals surface area contributed by atoms with Gasteiger partial charge in [-0.3, -0.25) is 10.1 Å². The summed E-state index contributed by atoms with van der Waals surface area (Å²) in [4.78, 5) is 22.9. The summed E-state index contributed by atoms with van der Waals surface area (Å²) >= 11 is 0. The van der Waals surface area contributed by atoms with E-state index in [0.29, 0.717) is 23.4 Å². The molecule has 3 aromatic rings. The molecule has 0 radical (unpaired) electrons. The molecular weight excluding hydrogens is 387 g/mol. The molecule has 0 bridgehead atoms. The number of aryl methyl sites for hydroxylation is 2. The molecule has 2 heterocycles. The predicted molar refractivity (Wildman–Crippen MR) is 110 cm³/mol. The monoisotopic (exact) mass is 406 g/mol. The summed E-state index contributed by atoms with van der Waals surface area (Å²) in [5, 5.41) is 5.19. The molecule has 1 aliphatic heterocycles. The first-order valence-electron chi connectivity index (χ1n) is 9.33. The number of hydrogen-bond donors (Lipinski definition) is 2. The van der Waals surface area contributed by atoms with Crippen LogP contribution in [-0.2, 0) is 16.1 Å². The van der Waals surface area contributed by atoms with E-state index in [4.69, 9.17) is 9.15 Å². The molecule has 7 heteroatoms. The highest BCUT2D eigenvalue weighted by Crippen LogP contribution is 2.31. The Balaban J connectivity index is 1.59. The van der Waals surface area contributed by atoms with Gasteiger partial charge in [-0.15, -0.1) is 0 Å². The number of rotatable bonds is 5. The highest BCUT2D eigenvalue weighted by molar-refractivity contribution is 6.10. The van der Waals surface area contributed by atoms with Crippen molar-refractivity contribution < 1.29 is 23.1 Å². The zero-order valence-electron chi connectivity index (χ0n) is 16.4. The van der Waals surface area contributed by atoms with Gasteiger partial charge >= 0.3 is 6.09 Å². The second kappa shape index (κ2) is 7.87. The number of carbonyl (C=O) groups excluding carboxylic acids is 2. The summed E-state index contributed by atoms with van der Waals surface area (Å²) in [7, 11) is 0. The summed E-state index contributed by atoms with van der Waals surface area (Å²) in [6.07, 6.45) is 2.30. The van der Waals surface area contributed by atoms with Gasteiger partial charge in [0.05, 0.1) is 12.8 Å². The number of nitrogens with one attached hydrogen (secondary N) is 2. The summed E-state index contributed by atoms with van der Waals surface area (Å²) in [5.74, 6) is -0.229. The van der Waals surface area contributed by atoms with Gasteiger partial charge in [0.15, 0.2) is 5.76 Å². The molecule has 1 aliphatic rings. The molecule has 4 rings (SSSR count). The number of benzene rings is 2. The highest BCUT2D eigenvalue weighted by Gasteiger charge is 2.26. The first-order chi connectivity index (χ1) is 14.4. The lowest BCUT2D eigenvalue weighted by Crippen LogP contribution is -2.18. The maximum atomic E-state index is 14.8. The van der Waals surface area contributed by atoms with Crippen LogP contribution in [0.25, 0.3) is 17.2 Å². The number of cyclic esters (lactones) is 1. The zero-order valence-corrected chi connectivity index (χ0v) is 16.4. The largest absolute Gasteiger partial charge is 0.467 e. The Hall–Kier alpha value is -3.87. The van der Waals surface area contributed by atoms with Gasteiger partial charge < -0.3 is 14.5 Å². The molecule has 30 heavy (non-hydrogen) atoms. The average Bonchev–Trinajstić information content (AvgIpc) is 3.32. The van der Waals surface area contributed by atoms with E-state index in [-0.39, 0.29) is 11.6 Å². The number of hydrogen-bond acceptors (Lipinski definition) is 5. The molecule has 0 spiro atoms. The maximum absolute atomic E-state index is 14.8. The minimum atomic E-state index is -0.792.